The van der Waals surface area contributed by atoms with E-state index in [4.69, 9.17) is 11.6 Å². The van der Waals surface area contributed by atoms with Crippen molar-refractivity contribution in [3.63, 3.8) is 0 Å². The molecule has 2 aromatic carbocycles. The van der Waals surface area contributed by atoms with Gasteiger partial charge in [-0.2, -0.15) is 0 Å². The Morgan fingerprint density at radius 1 is 0.960 bits per heavy atom. The van der Waals surface area contributed by atoms with Gasteiger partial charge in [0.05, 0.1) is 0 Å². The van der Waals surface area contributed by atoms with Crippen molar-refractivity contribution in [2.45, 2.75) is 57.5 Å². The fraction of sp³-hybridized carbons (Fsp3) is 0.409. The van der Waals surface area contributed by atoms with Crippen LogP contribution in [0.2, 0.25) is 5.02 Å². The number of benzene rings is 2. The molecule has 132 valence electrons. The standard InChI is InChI=1S/C22H26ClNO/c1-16(2)24(22(25)19-8-12-20(23)13-9-19)21-14-10-18(11-15-21)17-6-4-3-5-7-17/h3-9,12-13,16,18,21H,10-11,14-15H2,1-2H3. The van der Waals surface area contributed by atoms with Crippen LogP contribution in [-0.2, 0) is 0 Å². The first-order valence-electron chi connectivity index (χ1n) is 9.19. The Kier molecular flexibility index (Phi) is 5.80. The Bertz CT molecular complexity index is 688. The van der Waals surface area contributed by atoms with E-state index in [1.807, 2.05) is 12.1 Å². The highest BCUT2D eigenvalue weighted by molar-refractivity contribution is 6.30. The van der Waals surface area contributed by atoms with Gasteiger partial charge in [0, 0.05) is 22.7 Å². The van der Waals surface area contributed by atoms with Crippen LogP contribution >= 0.6 is 11.6 Å². The van der Waals surface area contributed by atoms with Gasteiger partial charge in [0.1, 0.15) is 0 Å². The van der Waals surface area contributed by atoms with Crippen LogP contribution in [0.4, 0.5) is 0 Å². The largest absolute Gasteiger partial charge is 0.333 e. The second kappa shape index (κ2) is 8.05. The van der Waals surface area contributed by atoms with Gasteiger partial charge in [-0.1, -0.05) is 41.9 Å². The maximum atomic E-state index is 13.0. The van der Waals surface area contributed by atoms with Crippen molar-refractivity contribution >= 4 is 17.5 Å². The minimum absolute atomic E-state index is 0.120. The van der Waals surface area contributed by atoms with Gasteiger partial charge in [-0.25, -0.2) is 0 Å². The molecular formula is C22H26ClNO. The molecule has 0 spiro atoms. The van der Waals surface area contributed by atoms with Crippen molar-refractivity contribution in [1.82, 2.24) is 4.90 Å². The molecule has 0 unspecified atom stereocenters. The molecule has 2 aromatic rings. The number of rotatable bonds is 4. The number of halogens is 1. The zero-order valence-electron chi connectivity index (χ0n) is 15.0. The monoisotopic (exact) mass is 355 g/mol. The van der Waals surface area contributed by atoms with Crippen LogP contribution in [0.25, 0.3) is 0 Å². The van der Waals surface area contributed by atoms with Crippen molar-refractivity contribution in [2.24, 2.45) is 0 Å². The van der Waals surface area contributed by atoms with Crippen molar-refractivity contribution in [1.29, 1.82) is 0 Å². The van der Waals surface area contributed by atoms with Crippen LogP contribution in [0, 0.1) is 0 Å². The van der Waals surface area contributed by atoms with Crippen molar-refractivity contribution in [3.05, 3.63) is 70.7 Å². The van der Waals surface area contributed by atoms with Crippen LogP contribution < -0.4 is 0 Å². The zero-order chi connectivity index (χ0) is 17.8. The number of amides is 1. The number of nitrogens with zero attached hydrogens (tertiary/aromatic N) is 1. The van der Waals surface area contributed by atoms with Gasteiger partial charge < -0.3 is 4.90 Å². The topological polar surface area (TPSA) is 20.3 Å². The summed E-state index contributed by atoms with van der Waals surface area (Å²) in [5.41, 5.74) is 2.16. The Hall–Kier alpha value is -1.80. The number of hydrogen-bond acceptors (Lipinski definition) is 1. The molecule has 3 heteroatoms. The molecule has 0 N–H and O–H groups in total. The second-order valence-corrected chi connectivity index (χ2v) is 7.67. The highest BCUT2D eigenvalue weighted by atomic mass is 35.5. The average molecular weight is 356 g/mol. The molecule has 1 aliphatic carbocycles. The summed E-state index contributed by atoms with van der Waals surface area (Å²) in [6.45, 7) is 4.22. The third-order valence-corrected chi connectivity index (χ3v) is 5.50. The van der Waals surface area contributed by atoms with Gasteiger partial charge in [-0.3, -0.25) is 4.79 Å². The van der Waals surface area contributed by atoms with Gasteiger partial charge in [-0.15, -0.1) is 0 Å². The minimum Gasteiger partial charge on any atom is -0.333 e. The van der Waals surface area contributed by atoms with E-state index >= 15 is 0 Å². The zero-order valence-corrected chi connectivity index (χ0v) is 15.7. The summed E-state index contributed by atoms with van der Waals surface area (Å²) in [4.78, 5) is 15.1. The van der Waals surface area contributed by atoms with Crippen molar-refractivity contribution in [3.8, 4) is 0 Å². The second-order valence-electron chi connectivity index (χ2n) is 7.23. The lowest BCUT2D eigenvalue weighted by molar-refractivity contribution is 0.0545. The Morgan fingerprint density at radius 3 is 2.12 bits per heavy atom. The van der Waals surface area contributed by atoms with E-state index in [-0.39, 0.29) is 11.9 Å². The van der Waals surface area contributed by atoms with Gasteiger partial charge in [0.15, 0.2) is 0 Å². The van der Waals surface area contributed by atoms with Crippen molar-refractivity contribution < 1.29 is 4.79 Å². The van der Waals surface area contributed by atoms with Crippen LogP contribution in [0.5, 0.6) is 0 Å². The summed E-state index contributed by atoms with van der Waals surface area (Å²) < 4.78 is 0. The van der Waals surface area contributed by atoms with Crippen LogP contribution in [0.1, 0.15) is 61.4 Å². The summed E-state index contributed by atoms with van der Waals surface area (Å²) in [6, 6.07) is 18.5. The molecular weight excluding hydrogens is 330 g/mol. The normalized spacial score (nSPS) is 20.5. The third-order valence-electron chi connectivity index (χ3n) is 5.24. The minimum atomic E-state index is 0.120. The molecule has 1 amide bonds. The van der Waals surface area contributed by atoms with E-state index in [9.17, 15) is 4.79 Å². The molecule has 1 aliphatic rings. The summed E-state index contributed by atoms with van der Waals surface area (Å²) in [6.07, 6.45) is 4.42. The fourth-order valence-corrected chi connectivity index (χ4v) is 4.10. The van der Waals surface area contributed by atoms with Gasteiger partial charge >= 0.3 is 0 Å². The third kappa shape index (κ3) is 4.24. The van der Waals surface area contributed by atoms with E-state index in [0.29, 0.717) is 17.0 Å². The summed E-state index contributed by atoms with van der Waals surface area (Å²) >= 11 is 5.96. The molecule has 0 atom stereocenters. The molecule has 3 rings (SSSR count). The molecule has 0 heterocycles. The molecule has 0 aromatic heterocycles. The van der Waals surface area contributed by atoms with Gasteiger partial charge in [0.2, 0.25) is 0 Å². The van der Waals surface area contributed by atoms with Gasteiger partial charge in [-0.05, 0) is 75.3 Å². The van der Waals surface area contributed by atoms with Crippen LogP contribution in [0.3, 0.4) is 0 Å². The van der Waals surface area contributed by atoms with Crippen LogP contribution in [0.15, 0.2) is 54.6 Å². The highest BCUT2D eigenvalue weighted by Gasteiger charge is 2.31. The number of carbonyl (C=O) groups excluding carboxylic acids is 1. The molecule has 1 saturated carbocycles. The quantitative estimate of drug-likeness (QED) is 0.666. The van der Waals surface area contributed by atoms with E-state index < -0.39 is 0 Å². The molecule has 25 heavy (non-hydrogen) atoms. The smallest absolute Gasteiger partial charge is 0.254 e. The predicted octanol–water partition coefficient (Wildman–Crippen LogP) is 5.92. The summed E-state index contributed by atoms with van der Waals surface area (Å²) in [5, 5.41) is 0.663. The Morgan fingerprint density at radius 2 is 1.56 bits per heavy atom. The number of hydrogen-bond donors (Lipinski definition) is 0. The first kappa shape index (κ1) is 18.0. The lowest BCUT2D eigenvalue weighted by atomic mass is 9.81. The Labute approximate surface area is 155 Å². The lowest BCUT2D eigenvalue weighted by Crippen LogP contribution is -2.46. The maximum absolute atomic E-state index is 13.0. The summed E-state index contributed by atoms with van der Waals surface area (Å²) in [7, 11) is 0. The first-order valence-corrected chi connectivity index (χ1v) is 9.57. The first-order chi connectivity index (χ1) is 12.1. The summed E-state index contributed by atoms with van der Waals surface area (Å²) in [5.74, 6) is 0.743. The lowest BCUT2D eigenvalue weighted by Gasteiger charge is -2.39. The fourth-order valence-electron chi connectivity index (χ4n) is 3.98. The van der Waals surface area contributed by atoms with E-state index in [2.05, 4.69) is 49.1 Å². The molecule has 0 bridgehead atoms. The molecule has 2 nitrogen and oxygen atoms in total. The predicted molar refractivity (Wildman–Crippen MR) is 104 cm³/mol. The Balaban J connectivity index is 1.70. The SMILES string of the molecule is CC(C)N(C(=O)c1ccc(Cl)cc1)C1CCC(c2ccccc2)CC1. The van der Waals surface area contributed by atoms with E-state index in [1.165, 1.54) is 5.56 Å². The van der Waals surface area contributed by atoms with E-state index in [0.717, 1.165) is 31.2 Å². The number of carbonyl (C=O) groups is 1. The molecule has 0 saturated heterocycles. The highest BCUT2D eigenvalue weighted by Crippen LogP contribution is 2.35. The van der Waals surface area contributed by atoms with Gasteiger partial charge in [0.25, 0.3) is 5.91 Å². The van der Waals surface area contributed by atoms with E-state index in [1.54, 1.807) is 12.1 Å². The molecule has 1 fully saturated rings. The van der Waals surface area contributed by atoms with Crippen LogP contribution in [-0.4, -0.2) is 22.9 Å². The van der Waals surface area contributed by atoms with Crippen molar-refractivity contribution in [2.75, 3.05) is 0 Å². The maximum Gasteiger partial charge on any atom is 0.254 e. The molecule has 0 radical (unpaired) electrons. The molecule has 0 aliphatic heterocycles. The average Bonchev–Trinajstić information content (AvgIpc) is 2.63.